The third-order valence-electron chi connectivity index (χ3n) is 3.36. The molecule has 0 aromatic carbocycles. The minimum Gasteiger partial charge on any atom is -0.388 e. The molecule has 0 aliphatic rings. The van der Waals surface area contributed by atoms with Gasteiger partial charge in [0, 0.05) is 22.9 Å². The maximum absolute atomic E-state index is 12.0. The Morgan fingerprint density at radius 1 is 1.50 bits per heavy atom. The van der Waals surface area contributed by atoms with Gasteiger partial charge in [0.1, 0.15) is 10.7 Å². The number of aromatic nitrogens is 1. The van der Waals surface area contributed by atoms with Crippen LogP contribution in [0.1, 0.15) is 31.3 Å². The van der Waals surface area contributed by atoms with Crippen LogP contribution in [-0.4, -0.2) is 28.1 Å². The Morgan fingerprint density at radius 3 is 2.85 bits per heavy atom. The lowest BCUT2D eigenvalue weighted by molar-refractivity contribution is 0.0142. The number of hydrogen-bond donors (Lipinski definition) is 2. The number of thiazole rings is 1. The van der Waals surface area contributed by atoms with Gasteiger partial charge < -0.3 is 10.4 Å². The average molecular weight is 310 g/mol. The molecule has 2 aromatic heterocycles. The molecule has 0 radical (unpaired) electrons. The van der Waals surface area contributed by atoms with Gasteiger partial charge in [-0.1, -0.05) is 13.8 Å². The molecule has 1 atom stereocenters. The summed E-state index contributed by atoms with van der Waals surface area (Å²) in [5.41, 5.74) is 0.519. The molecular weight excluding hydrogens is 292 g/mol. The van der Waals surface area contributed by atoms with Crippen molar-refractivity contribution < 1.29 is 9.90 Å². The van der Waals surface area contributed by atoms with Gasteiger partial charge in [-0.25, -0.2) is 4.98 Å². The van der Waals surface area contributed by atoms with Gasteiger partial charge in [-0.3, -0.25) is 4.79 Å². The largest absolute Gasteiger partial charge is 0.388 e. The quantitative estimate of drug-likeness (QED) is 0.892. The van der Waals surface area contributed by atoms with Crippen LogP contribution in [0.15, 0.2) is 22.2 Å². The second-order valence-electron chi connectivity index (χ2n) is 5.24. The summed E-state index contributed by atoms with van der Waals surface area (Å²) in [6, 6.07) is 1.98. The highest BCUT2D eigenvalue weighted by atomic mass is 32.1. The fourth-order valence-electron chi connectivity index (χ4n) is 1.45. The van der Waals surface area contributed by atoms with E-state index in [0.29, 0.717) is 5.69 Å². The molecule has 4 nitrogen and oxygen atoms in total. The fourth-order valence-corrected chi connectivity index (χ4v) is 2.96. The molecule has 1 amide bonds. The number of nitrogens with one attached hydrogen (secondary N) is 1. The van der Waals surface area contributed by atoms with Crippen molar-refractivity contribution in [2.45, 2.75) is 26.4 Å². The highest BCUT2D eigenvalue weighted by Gasteiger charge is 2.26. The summed E-state index contributed by atoms with van der Waals surface area (Å²) in [5.74, 6) is -0.178. The lowest BCUT2D eigenvalue weighted by atomic mass is 9.92. The first-order valence-electron chi connectivity index (χ1n) is 6.39. The van der Waals surface area contributed by atoms with Crippen LogP contribution in [0.2, 0.25) is 0 Å². The third-order valence-corrected chi connectivity index (χ3v) is 4.93. The summed E-state index contributed by atoms with van der Waals surface area (Å²) in [7, 11) is 0. The molecule has 20 heavy (non-hydrogen) atoms. The van der Waals surface area contributed by atoms with Crippen LogP contribution in [0.3, 0.4) is 0 Å². The topological polar surface area (TPSA) is 62.2 Å². The molecule has 0 saturated heterocycles. The molecule has 2 rings (SSSR count). The molecular formula is C14H18N2O2S2. The lowest BCUT2D eigenvalue weighted by Gasteiger charge is -2.27. The summed E-state index contributed by atoms with van der Waals surface area (Å²) in [4.78, 5) is 16.4. The number of thiophene rings is 1. The van der Waals surface area contributed by atoms with E-state index in [0.717, 1.165) is 10.6 Å². The van der Waals surface area contributed by atoms with Gasteiger partial charge in [0.15, 0.2) is 0 Å². The van der Waals surface area contributed by atoms with E-state index in [4.69, 9.17) is 0 Å². The first kappa shape index (κ1) is 15.2. The Hall–Kier alpha value is -1.24. The van der Waals surface area contributed by atoms with Crippen LogP contribution < -0.4 is 5.32 Å². The fraction of sp³-hybridized carbons (Fsp3) is 0.429. The van der Waals surface area contributed by atoms with Crippen LogP contribution in [0, 0.1) is 5.92 Å². The van der Waals surface area contributed by atoms with E-state index in [1.807, 2.05) is 30.7 Å². The highest BCUT2D eigenvalue weighted by molar-refractivity contribution is 7.14. The minimum absolute atomic E-state index is 0.0691. The molecule has 108 valence electrons. The zero-order valence-electron chi connectivity index (χ0n) is 11.7. The van der Waals surface area contributed by atoms with Crippen LogP contribution in [0.4, 0.5) is 0 Å². The van der Waals surface area contributed by atoms with E-state index >= 15 is 0 Å². The number of aliphatic hydroxyl groups is 1. The van der Waals surface area contributed by atoms with Gasteiger partial charge in [0.2, 0.25) is 0 Å². The number of rotatable bonds is 5. The van der Waals surface area contributed by atoms with E-state index in [2.05, 4.69) is 10.3 Å². The maximum atomic E-state index is 12.0. The number of carbonyl (C=O) groups is 1. The summed E-state index contributed by atoms with van der Waals surface area (Å²) >= 11 is 3.05. The van der Waals surface area contributed by atoms with Crippen LogP contribution >= 0.6 is 22.7 Å². The van der Waals surface area contributed by atoms with Gasteiger partial charge in [-0.05, 0) is 24.3 Å². The molecule has 6 heteroatoms. The predicted molar refractivity (Wildman–Crippen MR) is 83.2 cm³/mol. The van der Waals surface area contributed by atoms with E-state index in [-0.39, 0.29) is 18.4 Å². The molecule has 0 aliphatic heterocycles. The molecule has 2 heterocycles. The number of carbonyl (C=O) groups excluding carboxylic acids is 1. The SMILES string of the molecule is CC(C)C(C)(O)CNC(=O)c1csc(-c2ccsc2)n1. The minimum atomic E-state index is -0.915. The van der Waals surface area contributed by atoms with Crippen LogP contribution in [0.25, 0.3) is 10.6 Å². The third kappa shape index (κ3) is 3.45. The van der Waals surface area contributed by atoms with E-state index in [1.54, 1.807) is 23.6 Å². The molecule has 0 saturated carbocycles. The second-order valence-corrected chi connectivity index (χ2v) is 6.88. The van der Waals surface area contributed by atoms with E-state index in [9.17, 15) is 9.90 Å². The Kier molecular flexibility index (Phi) is 4.57. The summed E-state index contributed by atoms with van der Waals surface area (Å²) in [6.07, 6.45) is 0. The Bertz CT molecular complexity index is 574. The summed E-state index contributed by atoms with van der Waals surface area (Å²) in [6.45, 7) is 5.78. The van der Waals surface area contributed by atoms with E-state index < -0.39 is 5.60 Å². The van der Waals surface area contributed by atoms with Crippen molar-refractivity contribution in [3.63, 3.8) is 0 Å². The van der Waals surface area contributed by atoms with Gasteiger partial charge in [0.25, 0.3) is 5.91 Å². The van der Waals surface area contributed by atoms with Crippen molar-refractivity contribution in [1.29, 1.82) is 0 Å². The highest BCUT2D eigenvalue weighted by Crippen LogP contribution is 2.25. The molecule has 0 bridgehead atoms. The van der Waals surface area contributed by atoms with Gasteiger partial charge >= 0.3 is 0 Å². The lowest BCUT2D eigenvalue weighted by Crippen LogP contribution is -2.44. The zero-order chi connectivity index (χ0) is 14.8. The normalized spacial score (nSPS) is 14.2. The second kappa shape index (κ2) is 6.03. The van der Waals surface area contributed by atoms with Crippen molar-refractivity contribution in [1.82, 2.24) is 10.3 Å². The molecule has 2 aromatic rings. The molecule has 0 aliphatic carbocycles. The standard InChI is InChI=1S/C14H18N2O2S2/c1-9(2)14(3,18)8-15-12(17)11-7-20-13(16-11)10-4-5-19-6-10/h4-7,9,18H,8H2,1-3H3,(H,15,17). The summed E-state index contributed by atoms with van der Waals surface area (Å²) in [5, 5.41) is 19.4. The van der Waals surface area contributed by atoms with Crippen LogP contribution in [0.5, 0.6) is 0 Å². The van der Waals surface area contributed by atoms with Crippen molar-refractivity contribution >= 4 is 28.6 Å². The van der Waals surface area contributed by atoms with Crippen LogP contribution in [-0.2, 0) is 0 Å². The Morgan fingerprint density at radius 2 is 2.25 bits per heavy atom. The zero-order valence-corrected chi connectivity index (χ0v) is 13.3. The van der Waals surface area contributed by atoms with Crippen molar-refractivity contribution in [2.24, 2.45) is 5.92 Å². The van der Waals surface area contributed by atoms with Gasteiger partial charge in [-0.15, -0.1) is 11.3 Å². The number of hydrogen-bond acceptors (Lipinski definition) is 5. The molecule has 2 N–H and O–H groups in total. The van der Waals surface area contributed by atoms with Gasteiger partial charge in [-0.2, -0.15) is 11.3 Å². The molecule has 0 spiro atoms. The average Bonchev–Trinajstić information content (AvgIpc) is 3.05. The first-order valence-corrected chi connectivity index (χ1v) is 8.21. The van der Waals surface area contributed by atoms with E-state index in [1.165, 1.54) is 11.3 Å². The molecule has 1 unspecified atom stereocenters. The monoisotopic (exact) mass is 310 g/mol. The molecule has 0 fully saturated rings. The maximum Gasteiger partial charge on any atom is 0.270 e. The Labute approximate surface area is 126 Å². The summed E-state index contributed by atoms with van der Waals surface area (Å²) < 4.78 is 0. The van der Waals surface area contributed by atoms with Crippen molar-refractivity contribution in [3.05, 3.63) is 27.9 Å². The predicted octanol–water partition coefficient (Wildman–Crippen LogP) is 3.01. The number of amides is 1. The first-order chi connectivity index (χ1) is 9.40. The number of nitrogens with zero attached hydrogens (tertiary/aromatic N) is 1. The van der Waals surface area contributed by atoms with Crippen molar-refractivity contribution in [3.8, 4) is 10.6 Å². The Balaban J connectivity index is 2.00. The van der Waals surface area contributed by atoms with Crippen molar-refractivity contribution in [2.75, 3.05) is 6.54 Å². The van der Waals surface area contributed by atoms with Gasteiger partial charge in [0.05, 0.1) is 5.60 Å². The smallest absolute Gasteiger partial charge is 0.270 e.